The monoisotopic (exact) mass is 185 g/mol. The first-order valence-corrected chi connectivity index (χ1v) is 4.83. The number of hydrazine groups is 1. The van der Waals surface area contributed by atoms with E-state index >= 15 is 0 Å². The van der Waals surface area contributed by atoms with Gasteiger partial charge in [0.1, 0.15) is 0 Å². The number of hydrogen-bond acceptors (Lipinski definition) is 3. The summed E-state index contributed by atoms with van der Waals surface area (Å²) >= 11 is 0. The summed E-state index contributed by atoms with van der Waals surface area (Å²) in [6.45, 7) is 6.91. The van der Waals surface area contributed by atoms with Crippen molar-refractivity contribution in [1.29, 1.82) is 0 Å². The van der Waals surface area contributed by atoms with Crippen molar-refractivity contribution in [3.05, 3.63) is 0 Å². The lowest BCUT2D eigenvalue weighted by atomic mass is 9.92. The lowest BCUT2D eigenvalue weighted by Gasteiger charge is -2.34. The van der Waals surface area contributed by atoms with E-state index in [9.17, 15) is 4.79 Å². The van der Waals surface area contributed by atoms with E-state index < -0.39 is 0 Å². The molecule has 0 saturated carbocycles. The molecule has 0 radical (unpaired) electrons. The third-order valence-electron chi connectivity index (χ3n) is 2.47. The summed E-state index contributed by atoms with van der Waals surface area (Å²) in [5, 5.41) is 0. The van der Waals surface area contributed by atoms with Crippen LogP contribution in [0.3, 0.4) is 0 Å². The molecule has 76 valence electrons. The van der Waals surface area contributed by atoms with Crippen molar-refractivity contribution in [2.45, 2.75) is 20.3 Å². The lowest BCUT2D eigenvalue weighted by Crippen LogP contribution is -2.46. The molecule has 1 saturated heterocycles. The third-order valence-corrected chi connectivity index (χ3v) is 2.47. The van der Waals surface area contributed by atoms with E-state index in [1.807, 2.05) is 0 Å². The van der Waals surface area contributed by atoms with E-state index in [4.69, 9.17) is 5.84 Å². The average molecular weight is 185 g/mol. The SMILES string of the molecule is CC1CC(C)CN(CC(=O)NN)C1. The Balaban J connectivity index is 2.37. The molecule has 1 aliphatic rings. The maximum Gasteiger partial charge on any atom is 0.248 e. The van der Waals surface area contributed by atoms with E-state index in [0.29, 0.717) is 18.4 Å². The normalized spacial score (nSPS) is 30.1. The number of nitrogens with one attached hydrogen (secondary N) is 1. The molecule has 1 rings (SSSR count). The van der Waals surface area contributed by atoms with Crippen molar-refractivity contribution in [3.63, 3.8) is 0 Å². The minimum Gasteiger partial charge on any atom is -0.294 e. The fraction of sp³-hybridized carbons (Fsp3) is 0.889. The van der Waals surface area contributed by atoms with Gasteiger partial charge < -0.3 is 0 Å². The number of carbonyl (C=O) groups excluding carboxylic acids is 1. The first-order chi connectivity index (χ1) is 6.11. The fourth-order valence-corrected chi connectivity index (χ4v) is 2.17. The van der Waals surface area contributed by atoms with Gasteiger partial charge in [0, 0.05) is 13.1 Å². The van der Waals surface area contributed by atoms with Crippen molar-refractivity contribution in [3.8, 4) is 0 Å². The molecule has 0 bridgehead atoms. The first kappa shape index (κ1) is 10.5. The molecular formula is C9H19N3O. The van der Waals surface area contributed by atoms with E-state index in [1.165, 1.54) is 6.42 Å². The number of likely N-dealkylation sites (tertiary alicyclic amines) is 1. The zero-order valence-corrected chi connectivity index (χ0v) is 8.42. The van der Waals surface area contributed by atoms with Crippen molar-refractivity contribution >= 4 is 5.91 Å². The van der Waals surface area contributed by atoms with Gasteiger partial charge in [-0.3, -0.25) is 15.1 Å². The summed E-state index contributed by atoms with van der Waals surface area (Å²) in [6, 6.07) is 0. The van der Waals surface area contributed by atoms with Crippen LogP contribution in [0.4, 0.5) is 0 Å². The Labute approximate surface area is 79.4 Å². The van der Waals surface area contributed by atoms with Crippen LogP contribution < -0.4 is 11.3 Å². The Kier molecular flexibility index (Phi) is 3.69. The molecular weight excluding hydrogens is 166 g/mol. The minimum atomic E-state index is -0.0960. The summed E-state index contributed by atoms with van der Waals surface area (Å²) in [5.41, 5.74) is 2.16. The van der Waals surface area contributed by atoms with Crippen LogP contribution in [0.5, 0.6) is 0 Å². The van der Waals surface area contributed by atoms with Gasteiger partial charge in [-0.1, -0.05) is 13.8 Å². The van der Waals surface area contributed by atoms with Crippen LogP contribution in [-0.4, -0.2) is 30.4 Å². The predicted octanol–water partition coefficient (Wildman–Crippen LogP) is -0.0458. The number of amides is 1. The van der Waals surface area contributed by atoms with Gasteiger partial charge in [0.05, 0.1) is 6.54 Å². The van der Waals surface area contributed by atoms with Gasteiger partial charge in [-0.15, -0.1) is 0 Å². The highest BCUT2D eigenvalue weighted by molar-refractivity contribution is 5.77. The molecule has 0 aromatic carbocycles. The number of rotatable bonds is 2. The Bertz CT molecular complexity index is 174. The molecule has 1 amide bonds. The van der Waals surface area contributed by atoms with Gasteiger partial charge in [0.25, 0.3) is 0 Å². The maximum absolute atomic E-state index is 11.0. The molecule has 1 aliphatic heterocycles. The Hall–Kier alpha value is -0.610. The van der Waals surface area contributed by atoms with Crippen LogP contribution in [0.2, 0.25) is 0 Å². The van der Waals surface area contributed by atoms with Crippen LogP contribution in [0, 0.1) is 11.8 Å². The van der Waals surface area contributed by atoms with Crippen molar-refractivity contribution in [1.82, 2.24) is 10.3 Å². The second-order valence-electron chi connectivity index (χ2n) is 4.21. The Morgan fingerprint density at radius 1 is 1.46 bits per heavy atom. The quantitative estimate of drug-likeness (QED) is 0.360. The van der Waals surface area contributed by atoms with Gasteiger partial charge >= 0.3 is 0 Å². The highest BCUT2D eigenvalue weighted by Crippen LogP contribution is 2.20. The molecule has 2 unspecified atom stereocenters. The molecule has 4 nitrogen and oxygen atoms in total. The van der Waals surface area contributed by atoms with Gasteiger partial charge in [0.15, 0.2) is 0 Å². The molecule has 4 heteroatoms. The zero-order chi connectivity index (χ0) is 9.84. The summed E-state index contributed by atoms with van der Waals surface area (Å²) in [4.78, 5) is 13.2. The topological polar surface area (TPSA) is 58.4 Å². The molecule has 1 fully saturated rings. The highest BCUT2D eigenvalue weighted by Gasteiger charge is 2.22. The fourth-order valence-electron chi connectivity index (χ4n) is 2.17. The van der Waals surface area contributed by atoms with E-state index in [-0.39, 0.29) is 5.91 Å². The summed E-state index contributed by atoms with van der Waals surface area (Å²) in [5.74, 6) is 6.31. The number of nitrogens with two attached hydrogens (primary N) is 1. The molecule has 0 aromatic rings. The van der Waals surface area contributed by atoms with E-state index in [1.54, 1.807) is 0 Å². The smallest absolute Gasteiger partial charge is 0.248 e. The van der Waals surface area contributed by atoms with Crippen LogP contribution in [0.15, 0.2) is 0 Å². The number of piperidine rings is 1. The number of hydrogen-bond donors (Lipinski definition) is 2. The highest BCUT2D eigenvalue weighted by atomic mass is 16.2. The standard InChI is InChI=1S/C9H19N3O/c1-7-3-8(2)5-12(4-7)6-9(13)11-10/h7-8H,3-6,10H2,1-2H3,(H,11,13). The third kappa shape index (κ3) is 3.32. The van der Waals surface area contributed by atoms with Gasteiger partial charge in [0.2, 0.25) is 5.91 Å². The summed E-state index contributed by atoms with van der Waals surface area (Å²) in [6.07, 6.45) is 1.26. The second-order valence-corrected chi connectivity index (χ2v) is 4.21. The van der Waals surface area contributed by atoms with Crippen LogP contribution in [-0.2, 0) is 4.79 Å². The number of carbonyl (C=O) groups is 1. The predicted molar refractivity (Wildman–Crippen MR) is 51.7 cm³/mol. The van der Waals surface area contributed by atoms with E-state index in [0.717, 1.165) is 13.1 Å². The van der Waals surface area contributed by atoms with Crippen LogP contribution >= 0.6 is 0 Å². The average Bonchev–Trinajstić information content (AvgIpc) is 2.02. The molecule has 3 N–H and O–H groups in total. The maximum atomic E-state index is 11.0. The second kappa shape index (κ2) is 4.58. The summed E-state index contributed by atoms with van der Waals surface area (Å²) in [7, 11) is 0. The number of nitrogens with zero attached hydrogens (tertiary/aromatic N) is 1. The first-order valence-electron chi connectivity index (χ1n) is 4.83. The van der Waals surface area contributed by atoms with Crippen molar-refractivity contribution in [2.24, 2.45) is 17.7 Å². The largest absolute Gasteiger partial charge is 0.294 e. The molecule has 0 spiro atoms. The lowest BCUT2D eigenvalue weighted by molar-refractivity contribution is -0.122. The molecule has 1 heterocycles. The Morgan fingerprint density at radius 3 is 2.46 bits per heavy atom. The zero-order valence-electron chi connectivity index (χ0n) is 8.42. The molecule has 2 atom stereocenters. The van der Waals surface area contributed by atoms with Crippen molar-refractivity contribution in [2.75, 3.05) is 19.6 Å². The van der Waals surface area contributed by atoms with Crippen LogP contribution in [0.25, 0.3) is 0 Å². The minimum absolute atomic E-state index is 0.0960. The summed E-state index contributed by atoms with van der Waals surface area (Å²) < 4.78 is 0. The molecule has 13 heavy (non-hydrogen) atoms. The van der Waals surface area contributed by atoms with Crippen molar-refractivity contribution < 1.29 is 4.79 Å². The Morgan fingerprint density at radius 2 is 2.00 bits per heavy atom. The van der Waals surface area contributed by atoms with Gasteiger partial charge in [-0.05, 0) is 18.3 Å². The van der Waals surface area contributed by atoms with Crippen LogP contribution in [0.1, 0.15) is 20.3 Å². The van der Waals surface area contributed by atoms with Gasteiger partial charge in [-0.2, -0.15) is 0 Å². The molecule has 0 aromatic heterocycles. The molecule has 0 aliphatic carbocycles. The van der Waals surface area contributed by atoms with E-state index in [2.05, 4.69) is 24.2 Å². The van der Waals surface area contributed by atoms with Gasteiger partial charge in [-0.25, -0.2) is 5.84 Å².